The molecule has 0 saturated carbocycles. The van der Waals surface area contributed by atoms with Crippen LogP contribution in [0.1, 0.15) is 22.3 Å². The molecule has 3 heteroatoms. The lowest BCUT2D eigenvalue weighted by atomic mass is 9.64. The molecular formula is C52H39NOSi. The summed E-state index contributed by atoms with van der Waals surface area (Å²) in [7, 11) is -1.71. The lowest BCUT2D eigenvalue weighted by Gasteiger charge is -2.45. The monoisotopic (exact) mass is 721 g/mol. The number of fused-ring (bicyclic) bond motifs is 12. The molecule has 0 atom stereocenters. The van der Waals surface area contributed by atoms with Crippen LogP contribution < -0.4 is 10.1 Å². The fourth-order valence-electron chi connectivity index (χ4n) is 9.60. The van der Waals surface area contributed by atoms with E-state index in [2.05, 4.69) is 207 Å². The van der Waals surface area contributed by atoms with Crippen LogP contribution >= 0.6 is 0 Å². The third-order valence-electron chi connectivity index (χ3n) is 12.0. The van der Waals surface area contributed by atoms with Gasteiger partial charge in [0.05, 0.1) is 30.6 Å². The molecule has 0 saturated heterocycles. The van der Waals surface area contributed by atoms with Gasteiger partial charge in [-0.25, -0.2) is 0 Å². The predicted molar refractivity (Wildman–Crippen MR) is 233 cm³/mol. The van der Waals surface area contributed by atoms with Crippen LogP contribution in [0.2, 0.25) is 19.6 Å². The molecule has 55 heavy (non-hydrogen) atoms. The highest BCUT2D eigenvalue weighted by molar-refractivity contribution is 6.90. The van der Waals surface area contributed by atoms with E-state index in [9.17, 15) is 0 Å². The summed E-state index contributed by atoms with van der Waals surface area (Å²) >= 11 is 0. The summed E-state index contributed by atoms with van der Waals surface area (Å²) in [4.78, 5) is 2.49. The zero-order valence-electron chi connectivity index (χ0n) is 31.2. The third-order valence-corrected chi connectivity index (χ3v) is 14.0. The number of nitrogens with zero attached hydrogens (tertiary/aromatic N) is 1. The van der Waals surface area contributed by atoms with Gasteiger partial charge in [0.2, 0.25) is 0 Å². The number of para-hydroxylation sites is 2. The maximum atomic E-state index is 7.13. The van der Waals surface area contributed by atoms with Crippen LogP contribution in [0.25, 0.3) is 55.3 Å². The average molecular weight is 722 g/mol. The lowest BCUT2D eigenvalue weighted by molar-refractivity contribution is 0.670. The van der Waals surface area contributed by atoms with Crippen LogP contribution in [0.3, 0.4) is 0 Å². The van der Waals surface area contributed by atoms with Crippen LogP contribution in [-0.4, -0.2) is 8.07 Å². The Kier molecular flexibility index (Phi) is 6.87. The highest BCUT2D eigenvalue weighted by atomic mass is 28.3. The van der Waals surface area contributed by atoms with E-state index in [1.165, 1.54) is 66.2 Å². The zero-order valence-corrected chi connectivity index (χ0v) is 32.2. The van der Waals surface area contributed by atoms with E-state index in [0.717, 1.165) is 33.6 Å². The van der Waals surface area contributed by atoms with Crippen molar-refractivity contribution in [3.05, 3.63) is 204 Å². The summed E-state index contributed by atoms with van der Waals surface area (Å²) in [5.41, 5.74) is 17.3. The van der Waals surface area contributed by atoms with Crippen molar-refractivity contribution in [3.8, 4) is 33.4 Å². The Balaban J connectivity index is 1.29. The summed E-state index contributed by atoms with van der Waals surface area (Å²) < 4.78 is 7.13. The van der Waals surface area contributed by atoms with Crippen molar-refractivity contribution < 1.29 is 4.42 Å². The molecule has 0 N–H and O–H groups in total. The Bertz CT molecular complexity index is 2830. The van der Waals surface area contributed by atoms with Gasteiger partial charge in [-0.15, -0.1) is 0 Å². The van der Waals surface area contributed by atoms with E-state index in [1.807, 2.05) is 0 Å². The standard InChI is InChI=1S/C52H39NOSi/c1-55(2,3)49-27-15-23-41-40-22-14-26-48(50(40)54-51(41)49)53-46-30-28-36(34-16-6-4-7-17-34)32-44(46)52(42-24-12-10-20-38(42)39-21-11-13-25-43(39)52)45-33-37(29-31-47(45)53)35-18-8-5-9-19-35/h4-33H,1-3H3. The number of hydrogen-bond donors (Lipinski definition) is 0. The van der Waals surface area contributed by atoms with Crippen molar-refractivity contribution in [1.29, 1.82) is 0 Å². The summed E-state index contributed by atoms with van der Waals surface area (Å²) in [5, 5.41) is 3.68. The number of furan rings is 1. The first-order valence-electron chi connectivity index (χ1n) is 19.3. The van der Waals surface area contributed by atoms with E-state index < -0.39 is 13.5 Å². The fraction of sp³-hybridized carbons (Fsp3) is 0.0769. The molecular weight excluding hydrogens is 683 g/mol. The SMILES string of the molecule is C[Si](C)(C)c1cccc2c1oc1c(N3c4ccc(-c5ccccc5)cc4C4(c5ccccc5-c5ccccc54)c4cc(-c5ccccc5)ccc43)cccc12. The molecule has 11 rings (SSSR count). The Morgan fingerprint density at radius 1 is 0.400 bits per heavy atom. The second-order valence-electron chi connectivity index (χ2n) is 16.1. The summed E-state index contributed by atoms with van der Waals surface area (Å²) in [6.45, 7) is 7.20. The van der Waals surface area contributed by atoms with Gasteiger partial charge in [0.15, 0.2) is 5.58 Å². The molecule has 8 aromatic carbocycles. The second kappa shape index (κ2) is 11.8. The van der Waals surface area contributed by atoms with Crippen LogP contribution in [0.5, 0.6) is 0 Å². The molecule has 0 amide bonds. The van der Waals surface area contributed by atoms with Gasteiger partial charge in [0, 0.05) is 10.8 Å². The number of anilines is 3. The minimum atomic E-state index is -1.71. The van der Waals surface area contributed by atoms with Gasteiger partial charge in [0.1, 0.15) is 5.58 Å². The molecule has 1 aromatic heterocycles. The maximum Gasteiger partial charge on any atom is 0.159 e. The average Bonchev–Trinajstić information content (AvgIpc) is 3.76. The lowest BCUT2D eigenvalue weighted by Crippen LogP contribution is -2.37. The van der Waals surface area contributed by atoms with Crippen molar-refractivity contribution >= 4 is 52.3 Å². The Morgan fingerprint density at radius 2 is 0.891 bits per heavy atom. The zero-order chi connectivity index (χ0) is 36.9. The highest BCUT2D eigenvalue weighted by Gasteiger charge is 2.52. The van der Waals surface area contributed by atoms with Crippen LogP contribution in [0, 0.1) is 0 Å². The van der Waals surface area contributed by atoms with Gasteiger partial charge in [-0.2, -0.15) is 0 Å². The van der Waals surface area contributed by atoms with Crippen LogP contribution in [0.15, 0.2) is 186 Å². The highest BCUT2D eigenvalue weighted by Crippen LogP contribution is 2.64. The predicted octanol–water partition coefficient (Wildman–Crippen LogP) is 13.6. The van der Waals surface area contributed by atoms with Gasteiger partial charge in [-0.1, -0.05) is 171 Å². The van der Waals surface area contributed by atoms with Gasteiger partial charge in [0.25, 0.3) is 0 Å². The molecule has 0 fully saturated rings. The first-order chi connectivity index (χ1) is 26.9. The number of hydrogen-bond acceptors (Lipinski definition) is 2. The minimum Gasteiger partial charge on any atom is -0.454 e. The van der Waals surface area contributed by atoms with Crippen LogP contribution in [-0.2, 0) is 5.41 Å². The van der Waals surface area contributed by atoms with E-state index in [4.69, 9.17) is 4.42 Å². The molecule has 2 aliphatic rings. The number of rotatable bonds is 4. The van der Waals surface area contributed by atoms with Gasteiger partial charge >= 0.3 is 0 Å². The Morgan fingerprint density at radius 3 is 1.44 bits per heavy atom. The van der Waals surface area contributed by atoms with E-state index >= 15 is 0 Å². The van der Waals surface area contributed by atoms with Crippen molar-refractivity contribution in [2.45, 2.75) is 25.1 Å². The van der Waals surface area contributed by atoms with Crippen molar-refractivity contribution in [3.63, 3.8) is 0 Å². The molecule has 1 spiro atoms. The second-order valence-corrected chi connectivity index (χ2v) is 21.1. The smallest absolute Gasteiger partial charge is 0.159 e. The maximum absolute atomic E-state index is 7.13. The first-order valence-corrected chi connectivity index (χ1v) is 22.8. The van der Waals surface area contributed by atoms with Gasteiger partial charge in [-0.05, 0) is 91.2 Å². The van der Waals surface area contributed by atoms with Crippen molar-refractivity contribution in [2.75, 3.05) is 4.90 Å². The van der Waals surface area contributed by atoms with E-state index in [1.54, 1.807) is 0 Å². The summed E-state index contributed by atoms with van der Waals surface area (Å²) in [6.07, 6.45) is 0. The summed E-state index contributed by atoms with van der Waals surface area (Å²) in [6, 6.07) is 67.4. The Labute approximate surface area is 323 Å². The molecule has 0 radical (unpaired) electrons. The molecule has 9 aromatic rings. The molecule has 1 aliphatic heterocycles. The van der Waals surface area contributed by atoms with Crippen molar-refractivity contribution in [1.82, 2.24) is 0 Å². The van der Waals surface area contributed by atoms with E-state index in [-0.39, 0.29) is 0 Å². The quantitative estimate of drug-likeness (QED) is 0.168. The summed E-state index contributed by atoms with van der Waals surface area (Å²) in [5.74, 6) is 0. The molecule has 1 aliphatic carbocycles. The van der Waals surface area contributed by atoms with Gasteiger partial charge < -0.3 is 9.32 Å². The van der Waals surface area contributed by atoms with Gasteiger partial charge in [-0.3, -0.25) is 0 Å². The molecule has 2 heterocycles. The normalized spacial score (nSPS) is 13.8. The van der Waals surface area contributed by atoms with E-state index in [0.29, 0.717) is 0 Å². The third kappa shape index (κ3) is 4.54. The molecule has 262 valence electrons. The largest absolute Gasteiger partial charge is 0.454 e. The molecule has 0 unspecified atom stereocenters. The number of benzene rings is 8. The minimum absolute atomic E-state index is 0.573. The fourth-order valence-corrected chi connectivity index (χ4v) is 11.1. The Hall–Kier alpha value is -6.42. The first kappa shape index (κ1) is 32.0. The van der Waals surface area contributed by atoms with Crippen LogP contribution in [0.4, 0.5) is 17.1 Å². The molecule has 0 bridgehead atoms. The molecule has 2 nitrogen and oxygen atoms in total. The topological polar surface area (TPSA) is 16.4 Å². The van der Waals surface area contributed by atoms with Crippen molar-refractivity contribution in [2.24, 2.45) is 0 Å².